The van der Waals surface area contributed by atoms with E-state index in [2.05, 4.69) is 29.3 Å². The average Bonchev–Trinajstić information content (AvgIpc) is 3.44. The fourth-order valence-corrected chi connectivity index (χ4v) is 3.50. The Bertz CT molecular complexity index is 525. The van der Waals surface area contributed by atoms with E-state index in [0.717, 1.165) is 51.1 Å². The predicted octanol–water partition coefficient (Wildman–Crippen LogP) is 2.82. The molecule has 1 N–H and O–H groups in total. The monoisotopic (exact) mass is 316 g/mol. The van der Waals surface area contributed by atoms with Crippen LogP contribution in [0.5, 0.6) is 5.75 Å². The maximum atomic E-state index is 12.3. The Balaban J connectivity index is 1.52. The molecule has 2 aliphatic rings. The highest BCUT2D eigenvalue weighted by atomic mass is 16.5. The van der Waals surface area contributed by atoms with Crippen LogP contribution >= 0.6 is 0 Å². The van der Waals surface area contributed by atoms with Gasteiger partial charge in [0.2, 0.25) is 5.91 Å². The number of nitrogens with one attached hydrogen (secondary N) is 1. The second-order valence-electron chi connectivity index (χ2n) is 6.85. The van der Waals surface area contributed by atoms with Crippen LogP contribution in [-0.2, 0) is 11.3 Å². The maximum absolute atomic E-state index is 12.3. The Hall–Kier alpha value is -1.55. The van der Waals surface area contributed by atoms with Crippen molar-refractivity contribution in [3.8, 4) is 5.75 Å². The largest absolute Gasteiger partial charge is 0.497 e. The standard InChI is InChI=1S/C19H28N2O2/c1-3-15-13-21(19(22)16-6-7-16)11-10-18(15)20-12-14-4-8-17(23-2)9-5-14/h4-5,8-9,15-16,18,20H,3,6-7,10-13H2,1-2H3. The number of rotatable bonds is 6. The number of nitrogens with zero attached hydrogens (tertiary/aromatic N) is 1. The van der Waals surface area contributed by atoms with Gasteiger partial charge < -0.3 is 15.0 Å². The highest BCUT2D eigenvalue weighted by molar-refractivity contribution is 5.81. The van der Waals surface area contributed by atoms with Crippen molar-refractivity contribution < 1.29 is 9.53 Å². The van der Waals surface area contributed by atoms with Crippen LogP contribution in [0.25, 0.3) is 0 Å². The molecule has 1 aromatic rings. The van der Waals surface area contributed by atoms with Gasteiger partial charge in [0.15, 0.2) is 0 Å². The first kappa shape index (κ1) is 16.3. The van der Waals surface area contributed by atoms with Crippen LogP contribution in [0, 0.1) is 11.8 Å². The zero-order valence-corrected chi connectivity index (χ0v) is 14.3. The first-order valence-corrected chi connectivity index (χ1v) is 8.86. The normalized spacial score (nSPS) is 24.5. The van der Waals surface area contributed by atoms with Crippen molar-refractivity contribution in [1.82, 2.24) is 10.2 Å². The molecule has 23 heavy (non-hydrogen) atoms. The Labute approximate surface area is 139 Å². The van der Waals surface area contributed by atoms with Crippen LogP contribution in [0.1, 0.15) is 38.2 Å². The molecule has 1 aromatic carbocycles. The van der Waals surface area contributed by atoms with E-state index in [1.807, 2.05) is 12.1 Å². The van der Waals surface area contributed by atoms with Gasteiger partial charge in [0.1, 0.15) is 5.75 Å². The van der Waals surface area contributed by atoms with Crippen molar-refractivity contribution in [2.45, 2.75) is 45.2 Å². The Morgan fingerprint density at radius 3 is 2.61 bits per heavy atom. The molecule has 126 valence electrons. The predicted molar refractivity (Wildman–Crippen MR) is 91.3 cm³/mol. The van der Waals surface area contributed by atoms with Crippen LogP contribution in [0.2, 0.25) is 0 Å². The molecule has 1 saturated carbocycles. The third-order valence-corrected chi connectivity index (χ3v) is 5.22. The van der Waals surface area contributed by atoms with Gasteiger partial charge in [-0.25, -0.2) is 0 Å². The summed E-state index contributed by atoms with van der Waals surface area (Å²) < 4.78 is 5.20. The molecule has 1 amide bonds. The van der Waals surface area contributed by atoms with E-state index in [9.17, 15) is 4.79 Å². The summed E-state index contributed by atoms with van der Waals surface area (Å²) in [7, 11) is 1.69. The number of hydrogen-bond acceptors (Lipinski definition) is 3. The van der Waals surface area contributed by atoms with E-state index in [1.54, 1.807) is 7.11 Å². The van der Waals surface area contributed by atoms with Crippen molar-refractivity contribution in [3.05, 3.63) is 29.8 Å². The van der Waals surface area contributed by atoms with Gasteiger partial charge in [-0.3, -0.25) is 4.79 Å². The Morgan fingerprint density at radius 2 is 2.00 bits per heavy atom. The van der Waals surface area contributed by atoms with Gasteiger partial charge in [-0.15, -0.1) is 0 Å². The molecule has 1 aliphatic heterocycles. The van der Waals surface area contributed by atoms with E-state index in [0.29, 0.717) is 23.8 Å². The number of piperidine rings is 1. The van der Waals surface area contributed by atoms with E-state index < -0.39 is 0 Å². The number of hydrogen-bond donors (Lipinski definition) is 1. The molecule has 3 rings (SSSR count). The van der Waals surface area contributed by atoms with Crippen LogP contribution in [0.15, 0.2) is 24.3 Å². The molecule has 4 heteroatoms. The molecule has 2 atom stereocenters. The third-order valence-electron chi connectivity index (χ3n) is 5.22. The first-order valence-electron chi connectivity index (χ1n) is 8.86. The van der Waals surface area contributed by atoms with Crippen LogP contribution in [-0.4, -0.2) is 37.0 Å². The number of carbonyl (C=O) groups is 1. The lowest BCUT2D eigenvalue weighted by atomic mass is 9.89. The minimum absolute atomic E-state index is 0.344. The molecule has 1 heterocycles. The molecule has 2 unspecified atom stereocenters. The fraction of sp³-hybridized carbons (Fsp3) is 0.632. The zero-order chi connectivity index (χ0) is 16.2. The molecule has 1 saturated heterocycles. The van der Waals surface area contributed by atoms with Gasteiger partial charge in [0, 0.05) is 31.6 Å². The van der Waals surface area contributed by atoms with Gasteiger partial charge in [-0.1, -0.05) is 25.5 Å². The molecule has 0 radical (unpaired) electrons. The highest BCUT2D eigenvalue weighted by Gasteiger charge is 2.37. The summed E-state index contributed by atoms with van der Waals surface area (Å²) in [5.74, 6) is 2.20. The van der Waals surface area contributed by atoms with Gasteiger partial charge in [0.25, 0.3) is 0 Å². The quantitative estimate of drug-likeness (QED) is 0.877. The average molecular weight is 316 g/mol. The highest BCUT2D eigenvalue weighted by Crippen LogP contribution is 2.33. The summed E-state index contributed by atoms with van der Waals surface area (Å²) >= 11 is 0. The topological polar surface area (TPSA) is 41.6 Å². The fourth-order valence-electron chi connectivity index (χ4n) is 3.50. The number of carbonyl (C=O) groups excluding carboxylic acids is 1. The van der Waals surface area contributed by atoms with Crippen molar-refractivity contribution in [1.29, 1.82) is 0 Å². The van der Waals surface area contributed by atoms with Crippen LogP contribution < -0.4 is 10.1 Å². The summed E-state index contributed by atoms with van der Waals surface area (Å²) in [4.78, 5) is 14.4. The second-order valence-corrected chi connectivity index (χ2v) is 6.85. The number of ether oxygens (including phenoxy) is 1. The Morgan fingerprint density at radius 1 is 1.26 bits per heavy atom. The van der Waals surface area contributed by atoms with Crippen LogP contribution in [0.3, 0.4) is 0 Å². The summed E-state index contributed by atoms with van der Waals surface area (Å²) in [5.41, 5.74) is 1.28. The van der Waals surface area contributed by atoms with Gasteiger partial charge in [-0.2, -0.15) is 0 Å². The smallest absolute Gasteiger partial charge is 0.225 e. The van der Waals surface area contributed by atoms with E-state index >= 15 is 0 Å². The lowest BCUT2D eigenvalue weighted by molar-refractivity contribution is -0.134. The van der Waals surface area contributed by atoms with Gasteiger partial charge in [-0.05, 0) is 42.9 Å². The molecular weight excluding hydrogens is 288 g/mol. The van der Waals surface area contributed by atoms with E-state index in [1.165, 1.54) is 5.56 Å². The lowest BCUT2D eigenvalue weighted by Crippen LogP contribution is -2.51. The van der Waals surface area contributed by atoms with Crippen LogP contribution in [0.4, 0.5) is 0 Å². The number of methoxy groups -OCH3 is 1. The van der Waals surface area contributed by atoms with Gasteiger partial charge >= 0.3 is 0 Å². The summed E-state index contributed by atoms with van der Waals surface area (Å²) in [5, 5.41) is 3.70. The molecule has 2 fully saturated rings. The summed E-state index contributed by atoms with van der Waals surface area (Å²) in [6, 6.07) is 8.73. The molecular formula is C19H28N2O2. The summed E-state index contributed by atoms with van der Waals surface area (Å²) in [6.45, 7) is 4.94. The molecule has 4 nitrogen and oxygen atoms in total. The second kappa shape index (κ2) is 7.35. The zero-order valence-electron chi connectivity index (χ0n) is 14.3. The SMILES string of the molecule is CCC1CN(C(=O)C2CC2)CCC1NCc1ccc(OC)cc1. The summed E-state index contributed by atoms with van der Waals surface area (Å²) in [6.07, 6.45) is 4.39. The van der Waals surface area contributed by atoms with E-state index in [4.69, 9.17) is 4.74 Å². The minimum Gasteiger partial charge on any atom is -0.497 e. The lowest BCUT2D eigenvalue weighted by Gasteiger charge is -2.39. The van der Waals surface area contributed by atoms with E-state index in [-0.39, 0.29) is 0 Å². The van der Waals surface area contributed by atoms with Crippen molar-refractivity contribution in [2.24, 2.45) is 11.8 Å². The third kappa shape index (κ3) is 4.05. The van der Waals surface area contributed by atoms with Crippen molar-refractivity contribution in [2.75, 3.05) is 20.2 Å². The van der Waals surface area contributed by atoms with Gasteiger partial charge in [0.05, 0.1) is 7.11 Å². The number of benzene rings is 1. The van der Waals surface area contributed by atoms with Crippen molar-refractivity contribution in [3.63, 3.8) is 0 Å². The molecule has 1 aliphatic carbocycles. The number of likely N-dealkylation sites (tertiary alicyclic amines) is 1. The molecule has 0 spiro atoms. The molecule has 0 bridgehead atoms. The Kier molecular flexibility index (Phi) is 5.21. The minimum atomic E-state index is 0.344. The number of amides is 1. The first-order chi connectivity index (χ1) is 11.2. The maximum Gasteiger partial charge on any atom is 0.225 e. The molecule has 0 aromatic heterocycles. The van der Waals surface area contributed by atoms with Crippen molar-refractivity contribution >= 4 is 5.91 Å².